The highest BCUT2D eigenvalue weighted by Gasteiger charge is 2.42. The van der Waals surface area contributed by atoms with Crippen molar-refractivity contribution in [3.8, 4) is 37.0 Å². The molecule has 0 aromatic heterocycles. The zero-order chi connectivity index (χ0) is 17.7. The molecule has 23 heavy (non-hydrogen) atoms. The van der Waals surface area contributed by atoms with Gasteiger partial charge in [0.05, 0.1) is 0 Å². The Morgan fingerprint density at radius 2 is 0.957 bits per heavy atom. The van der Waals surface area contributed by atoms with E-state index in [-0.39, 0.29) is 0 Å². The first-order chi connectivity index (χ1) is 10.9. The smallest absolute Gasteiger partial charge is 0.421 e. The van der Waals surface area contributed by atoms with Crippen molar-refractivity contribution < 1.29 is 46.7 Å². The van der Waals surface area contributed by atoms with E-state index in [0.29, 0.717) is 0 Å². The number of carbonyl (C=O) groups excluding carboxylic acids is 3. The Morgan fingerprint density at radius 1 is 0.696 bits per heavy atom. The van der Waals surface area contributed by atoms with Gasteiger partial charge >= 0.3 is 26.3 Å². The molecule has 0 fully saturated rings. The predicted molar refractivity (Wildman–Crippen MR) is 71.4 cm³/mol. The topological polar surface area (TPSA) is 124 Å². The summed E-state index contributed by atoms with van der Waals surface area (Å²) >= 11 is 0. The predicted octanol–water partition coefficient (Wildman–Crippen LogP) is 1.45. The number of hydrogen-bond acceptors (Lipinski definition) is 10. The fourth-order valence-corrected chi connectivity index (χ4v) is 1.53. The van der Waals surface area contributed by atoms with Gasteiger partial charge in [-0.1, -0.05) is 17.8 Å². The van der Waals surface area contributed by atoms with Crippen molar-refractivity contribution in [2.45, 2.75) is 0 Å². The molecule has 11 heteroatoms. The fourth-order valence-electron chi connectivity index (χ4n) is 0.711. The Morgan fingerprint density at radius 3 is 1.17 bits per heavy atom. The minimum atomic E-state index is -5.14. The second-order valence-electron chi connectivity index (χ2n) is 2.95. The van der Waals surface area contributed by atoms with Crippen LogP contribution in [-0.4, -0.2) is 38.3 Å². The lowest BCUT2D eigenvalue weighted by Gasteiger charge is -2.14. The average Bonchev–Trinajstić information content (AvgIpc) is 2.48. The van der Waals surface area contributed by atoms with E-state index >= 15 is 0 Å². The summed E-state index contributed by atoms with van der Waals surface area (Å²) in [4.78, 5) is 33.5. The molecular formula is C12H9O10P. The van der Waals surface area contributed by atoms with Crippen LogP contribution in [0.2, 0.25) is 0 Å². The first-order valence-corrected chi connectivity index (χ1v) is 6.82. The number of phosphoric ester groups is 1. The van der Waals surface area contributed by atoms with Gasteiger partial charge in [-0.2, -0.15) is 4.57 Å². The van der Waals surface area contributed by atoms with Crippen LogP contribution in [0.15, 0.2) is 0 Å². The van der Waals surface area contributed by atoms with Crippen LogP contribution >= 0.6 is 7.82 Å². The Labute approximate surface area is 130 Å². The molecule has 0 saturated heterocycles. The molecule has 0 saturated carbocycles. The van der Waals surface area contributed by atoms with Crippen molar-refractivity contribution in [1.82, 2.24) is 0 Å². The average molecular weight is 344 g/mol. The standard InChI is InChI=1S/C12H9O10P/c1-4-7-17-10(13)20-23(16,21-11(14)18-8-5-2)22-12(15)19-9-6-3/h1-3H,7-9H2. The molecule has 0 amide bonds. The third-order valence-corrected chi connectivity index (χ3v) is 2.50. The van der Waals surface area contributed by atoms with Crippen molar-refractivity contribution >= 4 is 26.3 Å². The van der Waals surface area contributed by atoms with Crippen molar-refractivity contribution in [3.63, 3.8) is 0 Å². The van der Waals surface area contributed by atoms with E-state index in [2.05, 4.69) is 27.8 Å². The van der Waals surface area contributed by atoms with Gasteiger partial charge in [0.1, 0.15) is 0 Å². The Bertz CT molecular complexity index is 532. The van der Waals surface area contributed by atoms with Gasteiger partial charge in [-0.05, 0) is 0 Å². The van der Waals surface area contributed by atoms with Crippen molar-refractivity contribution in [3.05, 3.63) is 0 Å². The molecule has 0 N–H and O–H groups in total. The molecule has 0 aromatic carbocycles. The molecule has 0 rings (SSSR count). The maximum atomic E-state index is 12.0. The van der Waals surface area contributed by atoms with E-state index in [0.717, 1.165) is 0 Å². The summed E-state index contributed by atoms with van der Waals surface area (Å²) in [6, 6.07) is 0. The van der Waals surface area contributed by atoms with Crippen LogP contribution in [0.1, 0.15) is 0 Å². The zero-order valence-corrected chi connectivity index (χ0v) is 12.3. The lowest BCUT2D eigenvalue weighted by molar-refractivity contribution is 0.0572. The van der Waals surface area contributed by atoms with Crippen molar-refractivity contribution in [2.24, 2.45) is 0 Å². The summed E-state index contributed by atoms with van der Waals surface area (Å²) in [6.45, 7) is -1.66. The molecule has 0 atom stereocenters. The number of phosphoric acid groups is 1. The molecule has 0 aliphatic heterocycles. The SMILES string of the molecule is C#CCOC(=O)OP(=O)(OC(=O)OCC#C)OC(=O)OCC#C. The molecule has 0 bridgehead atoms. The van der Waals surface area contributed by atoms with E-state index in [1.165, 1.54) is 0 Å². The fraction of sp³-hybridized carbons (Fsp3) is 0.250. The van der Waals surface area contributed by atoms with Gasteiger partial charge in [-0.25, -0.2) is 14.4 Å². The van der Waals surface area contributed by atoms with E-state index in [1.807, 2.05) is 17.8 Å². The molecular weight excluding hydrogens is 335 g/mol. The van der Waals surface area contributed by atoms with Gasteiger partial charge in [0.25, 0.3) is 0 Å². The van der Waals surface area contributed by atoms with Crippen LogP contribution < -0.4 is 0 Å². The van der Waals surface area contributed by atoms with Crippen LogP contribution in [-0.2, 0) is 32.3 Å². The summed E-state index contributed by atoms with van der Waals surface area (Å²) in [5.74, 6) is 5.70. The van der Waals surface area contributed by atoms with E-state index in [1.54, 1.807) is 0 Å². The van der Waals surface area contributed by atoms with E-state index in [9.17, 15) is 18.9 Å². The normalized spacial score (nSPS) is 9.09. The van der Waals surface area contributed by atoms with Crippen LogP contribution in [0.4, 0.5) is 14.4 Å². The number of rotatable bonds is 6. The highest BCUT2D eigenvalue weighted by molar-refractivity contribution is 7.50. The molecule has 0 unspecified atom stereocenters. The number of terminal acetylenes is 3. The summed E-state index contributed by atoms with van der Waals surface area (Å²) in [5.41, 5.74) is 0. The minimum Gasteiger partial charge on any atom is -0.421 e. The van der Waals surface area contributed by atoms with Crippen molar-refractivity contribution in [2.75, 3.05) is 19.8 Å². The van der Waals surface area contributed by atoms with Crippen LogP contribution in [0.3, 0.4) is 0 Å². The number of ether oxygens (including phenoxy) is 3. The Hall–Kier alpha value is -3.28. The van der Waals surface area contributed by atoms with Gasteiger partial charge in [0.15, 0.2) is 19.8 Å². The van der Waals surface area contributed by atoms with Crippen molar-refractivity contribution in [1.29, 1.82) is 0 Å². The lowest BCUT2D eigenvalue weighted by atomic mass is 10.8. The highest BCUT2D eigenvalue weighted by Crippen LogP contribution is 2.50. The van der Waals surface area contributed by atoms with Gasteiger partial charge in [-0.3, -0.25) is 0 Å². The molecule has 0 radical (unpaired) electrons. The monoisotopic (exact) mass is 344 g/mol. The molecule has 0 aliphatic carbocycles. The quantitative estimate of drug-likeness (QED) is 0.302. The highest BCUT2D eigenvalue weighted by atomic mass is 31.2. The van der Waals surface area contributed by atoms with E-state index < -0.39 is 46.1 Å². The summed E-state index contributed by atoms with van der Waals surface area (Å²) in [6.07, 6.45) is 9.48. The van der Waals surface area contributed by atoms with Gasteiger partial charge in [0.2, 0.25) is 0 Å². The zero-order valence-electron chi connectivity index (χ0n) is 11.4. The molecule has 0 spiro atoms. The molecule has 10 nitrogen and oxygen atoms in total. The van der Waals surface area contributed by atoms with Gasteiger partial charge in [0, 0.05) is 0 Å². The van der Waals surface area contributed by atoms with Crippen LogP contribution in [0.5, 0.6) is 0 Å². The molecule has 0 aromatic rings. The molecule has 0 aliphatic rings. The molecule has 122 valence electrons. The number of carbonyl (C=O) groups is 3. The maximum Gasteiger partial charge on any atom is 0.661 e. The molecule has 0 heterocycles. The largest absolute Gasteiger partial charge is 0.661 e. The van der Waals surface area contributed by atoms with E-state index in [4.69, 9.17) is 19.3 Å². The third kappa shape index (κ3) is 9.30. The number of hydrogen-bond donors (Lipinski definition) is 0. The van der Waals surface area contributed by atoms with Gasteiger partial charge in [-0.15, -0.1) is 19.3 Å². The first kappa shape index (κ1) is 19.7. The summed E-state index contributed by atoms with van der Waals surface area (Å²) in [5, 5.41) is 0. The Kier molecular flexibility index (Phi) is 8.96. The lowest BCUT2D eigenvalue weighted by Crippen LogP contribution is -2.16. The third-order valence-electron chi connectivity index (χ3n) is 1.38. The summed E-state index contributed by atoms with van der Waals surface area (Å²) < 4.78 is 36.9. The van der Waals surface area contributed by atoms with Crippen LogP contribution in [0, 0.1) is 37.0 Å². The maximum absolute atomic E-state index is 12.0. The second kappa shape index (κ2) is 10.4. The minimum absolute atomic E-state index is 0.554. The Balaban J connectivity index is 4.93. The van der Waals surface area contributed by atoms with Crippen LogP contribution in [0.25, 0.3) is 0 Å². The first-order valence-electron chi connectivity index (χ1n) is 5.36. The second-order valence-corrected chi connectivity index (χ2v) is 4.39. The van der Waals surface area contributed by atoms with Gasteiger partial charge < -0.3 is 27.8 Å². The summed E-state index contributed by atoms with van der Waals surface area (Å²) in [7, 11) is -5.14.